The lowest BCUT2D eigenvalue weighted by Crippen LogP contribution is -2.43. The zero-order chi connectivity index (χ0) is 17.7. The van der Waals surface area contributed by atoms with E-state index in [0.717, 1.165) is 30.4 Å². The van der Waals surface area contributed by atoms with Crippen LogP contribution in [0.2, 0.25) is 0 Å². The van der Waals surface area contributed by atoms with Crippen LogP contribution >= 0.6 is 0 Å². The van der Waals surface area contributed by atoms with E-state index in [9.17, 15) is 0 Å². The summed E-state index contributed by atoms with van der Waals surface area (Å²) >= 11 is 0. The second kappa shape index (κ2) is 8.58. The lowest BCUT2D eigenvalue weighted by Gasteiger charge is -2.37. The van der Waals surface area contributed by atoms with Crippen molar-refractivity contribution in [2.75, 3.05) is 0 Å². The summed E-state index contributed by atoms with van der Waals surface area (Å²) in [6.45, 7) is 2.24. The second-order valence-electron chi connectivity index (χ2n) is 8.86. The van der Waals surface area contributed by atoms with Crippen LogP contribution in [-0.2, 0) is 0 Å². The molecule has 2 atom stereocenters. The van der Waals surface area contributed by atoms with E-state index in [1.165, 1.54) is 64.2 Å². The molecule has 2 unspecified atom stereocenters. The minimum Gasteiger partial charge on any atom is -0.402 e. The van der Waals surface area contributed by atoms with Crippen molar-refractivity contribution in [1.29, 1.82) is 0 Å². The maximum absolute atomic E-state index is 6.38. The van der Waals surface area contributed by atoms with Gasteiger partial charge in [0.05, 0.1) is 0 Å². The summed E-state index contributed by atoms with van der Waals surface area (Å²) in [5, 5.41) is 0. The van der Waals surface area contributed by atoms with Gasteiger partial charge < -0.3 is 11.5 Å². The predicted octanol–water partition coefficient (Wildman–Crippen LogP) is 5.60. The molecule has 2 nitrogen and oxygen atoms in total. The van der Waals surface area contributed by atoms with Crippen LogP contribution in [0.1, 0.15) is 84.0 Å². The van der Waals surface area contributed by atoms with Crippen LogP contribution < -0.4 is 11.5 Å². The SMILES string of the molecule is CC1(CCC=C(C2CCCCC2)C2CCCCC2)C(N)=CC=CC1N. The van der Waals surface area contributed by atoms with Crippen molar-refractivity contribution in [3.05, 3.63) is 35.6 Å². The molecule has 2 heteroatoms. The molecule has 25 heavy (non-hydrogen) atoms. The van der Waals surface area contributed by atoms with Crippen molar-refractivity contribution in [2.24, 2.45) is 28.7 Å². The molecular formula is C23H38N2. The smallest absolute Gasteiger partial charge is 0.0336 e. The molecule has 4 N–H and O–H groups in total. The minimum atomic E-state index is -0.0878. The fourth-order valence-corrected chi connectivity index (χ4v) is 5.26. The number of hydrogen-bond donors (Lipinski definition) is 2. The van der Waals surface area contributed by atoms with Crippen molar-refractivity contribution in [2.45, 2.75) is 90.0 Å². The molecule has 0 aromatic heterocycles. The first kappa shape index (κ1) is 18.8. The van der Waals surface area contributed by atoms with E-state index < -0.39 is 0 Å². The fraction of sp³-hybridized carbons (Fsp3) is 0.739. The van der Waals surface area contributed by atoms with Crippen LogP contribution in [0, 0.1) is 17.3 Å². The summed E-state index contributed by atoms with van der Waals surface area (Å²) in [6, 6.07) is 0.0405. The van der Waals surface area contributed by atoms with Gasteiger partial charge in [-0.3, -0.25) is 0 Å². The standard InChI is InChI=1S/C23H38N2/c1-23(21(24)15-8-16-22(23)25)17-9-14-20(18-10-4-2-5-11-18)19-12-6-3-7-13-19/h8,14-16,18-19,21H,2-7,9-13,17,24-25H2,1H3. The monoisotopic (exact) mass is 342 g/mol. The summed E-state index contributed by atoms with van der Waals surface area (Å²) in [6.07, 6.45) is 25.2. The Morgan fingerprint density at radius 3 is 2.12 bits per heavy atom. The molecule has 0 amide bonds. The molecule has 3 aliphatic carbocycles. The molecule has 0 saturated heterocycles. The van der Waals surface area contributed by atoms with Gasteiger partial charge in [-0.05, 0) is 56.4 Å². The van der Waals surface area contributed by atoms with Crippen molar-refractivity contribution >= 4 is 0 Å². The van der Waals surface area contributed by atoms with Gasteiger partial charge >= 0.3 is 0 Å². The molecule has 140 valence electrons. The zero-order valence-corrected chi connectivity index (χ0v) is 16.2. The first-order valence-electron chi connectivity index (χ1n) is 10.7. The molecule has 0 aliphatic heterocycles. The molecule has 0 aromatic carbocycles. The average molecular weight is 343 g/mol. The highest BCUT2D eigenvalue weighted by atomic mass is 14.8. The van der Waals surface area contributed by atoms with Crippen molar-refractivity contribution in [3.8, 4) is 0 Å². The Labute approximate surface area is 154 Å². The maximum atomic E-state index is 6.38. The lowest BCUT2D eigenvalue weighted by molar-refractivity contribution is 0.311. The van der Waals surface area contributed by atoms with Gasteiger partial charge in [-0.1, -0.05) is 69.2 Å². The summed E-state index contributed by atoms with van der Waals surface area (Å²) in [4.78, 5) is 0. The Morgan fingerprint density at radius 1 is 1.04 bits per heavy atom. The number of hydrogen-bond acceptors (Lipinski definition) is 2. The highest BCUT2D eigenvalue weighted by Crippen LogP contribution is 2.41. The van der Waals surface area contributed by atoms with E-state index in [4.69, 9.17) is 11.5 Å². The number of rotatable bonds is 5. The quantitative estimate of drug-likeness (QED) is 0.639. The molecule has 2 fully saturated rings. The highest BCUT2D eigenvalue weighted by Gasteiger charge is 2.34. The Kier molecular flexibility index (Phi) is 6.44. The molecule has 0 bridgehead atoms. The fourth-order valence-electron chi connectivity index (χ4n) is 5.26. The third kappa shape index (κ3) is 4.39. The topological polar surface area (TPSA) is 52.0 Å². The molecule has 0 radical (unpaired) electrons. The van der Waals surface area contributed by atoms with Crippen LogP contribution in [-0.4, -0.2) is 6.04 Å². The molecule has 0 spiro atoms. The molecule has 2 saturated carbocycles. The summed E-state index contributed by atoms with van der Waals surface area (Å²) < 4.78 is 0. The van der Waals surface area contributed by atoms with Gasteiger partial charge in [0.1, 0.15) is 0 Å². The van der Waals surface area contributed by atoms with Gasteiger partial charge in [0.2, 0.25) is 0 Å². The Balaban J connectivity index is 1.69. The first-order valence-corrected chi connectivity index (χ1v) is 10.7. The first-order chi connectivity index (χ1) is 12.1. The van der Waals surface area contributed by atoms with E-state index in [-0.39, 0.29) is 11.5 Å². The molecular weight excluding hydrogens is 304 g/mol. The third-order valence-corrected chi connectivity index (χ3v) is 7.19. The Hall–Kier alpha value is -1.02. The third-order valence-electron chi connectivity index (χ3n) is 7.19. The van der Waals surface area contributed by atoms with Crippen LogP contribution in [0.15, 0.2) is 35.6 Å². The van der Waals surface area contributed by atoms with Gasteiger partial charge in [0.15, 0.2) is 0 Å². The van der Waals surface area contributed by atoms with Gasteiger partial charge in [-0.25, -0.2) is 0 Å². The second-order valence-corrected chi connectivity index (χ2v) is 8.86. The van der Waals surface area contributed by atoms with Crippen molar-refractivity contribution < 1.29 is 0 Å². The van der Waals surface area contributed by atoms with Crippen LogP contribution in [0.5, 0.6) is 0 Å². The summed E-state index contributed by atoms with van der Waals surface area (Å²) in [5.74, 6) is 1.72. The minimum absolute atomic E-state index is 0.0405. The van der Waals surface area contributed by atoms with Crippen LogP contribution in [0.4, 0.5) is 0 Å². The molecule has 3 aliphatic rings. The number of nitrogens with two attached hydrogens (primary N) is 2. The molecule has 3 rings (SSSR count). The Morgan fingerprint density at radius 2 is 1.60 bits per heavy atom. The van der Waals surface area contributed by atoms with Gasteiger partial charge in [0.25, 0.3) is 0 Å². The highest BCUT2D eigenvalue weighted by molar-refractivity contribution is 5.28. The van der Waals surface area contributed by atoms with E-state index >= 15 is 0 Å². The summed E-state index contributed by atoms with van der Waals surface area (Å²) in [7, 11) is 0. The van der Waals surface area contributed by atoms with Gasteiger partial charge in [0, 0.05) is 17.2 Å². The lowest BCUT2D eigenvalue weighted by atomic mass is 9.71. The Bertz CT molecular complexity index is 498. The summed E-state index contributed by atoms with van der Waals surface area (Å²) in [5.41, 5.74) is 15.4. The van der Waals surface area contributed by atoms with Crippen molar-refractivity contribution in [1.82, 2.24) is 0 Å². The largest absolute Gasteiger partial charge is 0.402 e. The van der Waals surface area contributed by atoms with Gasteiger partial charge in [-0.15, -0.1) is 0 Å². The van der Waals surface area contributed by atoms with Crippen LogP contribution in [0.25, 0.3) is 0 Å². The predicted molar refractivity (Wildman–Crippen MR) is 108 cm³/mol. The van der Waals surface area contributed by atoms with E-state index in [2.05, 4.69) is 19.1 Å². The van der Waals surface area contributed by atoms with E-state index in [1.54, 1.807) is 0 Å². The van der Waals surface area contributed by atoms with Crippen molar-refractivity contribution in [3.63, 3.8) is 0 Å². The average Bonchev–Trinajstić information content (AvgIpc) is 2.65. The molecule has 0 aromatic rings. The normalized spacial score (nSPS) is 31.6. The van der Waals surface area contributed by atoms with Crippen LogP contribution in [0.3, 0.4) is 0 Å². The van der Waals surface area contributed by atoms with E-state index in [0.29, 0.717) is 0 Å². The zero-order valence-electron chi connectivity index (χ0n) is 16.2. The van der Waals surface area contributed by atoms with E-state index in [1.807, 2.05) is 17.7 Å². The molecule has 0 heterocycles. The number of allylic oxidation sites excluding steroid dienone is 4. The maximum Gasteiger partial charge on any atom is 0.0336 e. The van der Waals surface area contributed by atoms with Gasteiger partial charge in [-0.2, -0.15) is 0 Å².